The summed E-state index contributed by atoms with van der Waals surface area (Å²) < 4.78 is 0. The quantitative estimate of drug-likeness (QED) is 0.695. The molecule has 1 aliphatic heterocycles. The van der Waals surface area contributed by atoms with E-state index in [9.17, 15) is 5.11 Å². The number of hydrogen-bond donors (Lipinski definition) is 1. The summed E-state index contributed by atoms with van der Waals surface area (Å²) in [6.45, 7) is 9.41. The highest BCUT2D eigenvalue weighted by Gasteiger charge is 2.26. The monoisotopic (exact) mass is 171 g/mol. The molecule has 0 amide bonds. The lowest BCUT2D eigenvalue weighted by atomic mass is 10.0. The van der Waals surface area contributed by atoms with Crippen LogP contribution in [0, 0.1) is 5.92 Å². The van der Waals surface area contributed by atoms with Crippen molar-refractivity contribution in [2.24, 2.45) is 5.92 Å². The number of hydrogen-bond acceptors (Lipinski definition) is 2. The molecule has 0 aromatic rings. The van der Waals surface area contributed by atoms with Crippen molar-refractivity contribution in [3.05, 3.63) is 0 Å². The third-order valence-corrected chi connectivity index (χ3v) is 2.83. The highest BCUT2D eigenvalue weighted by Crippen LogP contribution is 2.19. The SMILES string of the molecule is CCC(C)(O)CN1CCC(C)C1. The average molecular weight is 171 g/mol. The first-order valence-corrected chi connectivity index (χ1v) is 4.98. The zero-order chi connectivity index (χ0) is 9.19. The highest BCUT2D eigenvalue weighted by atomic mass is 16.3. The van der Waals surface area contributed by atoms with Gasteiger partial charge in [-0.1, -0.05) is 13.8 Å². The minimum atomic E-state index is -0.482. The van der Waals surface area contributed by atoms with Crippen LogP contribution < -0.4 is 0 Å². The normalized spacial score (nSPS) is 30.5. The van der Waals surface area contributed by atoms with E-state index in [4.69, 9.17) is 0 Å². The summed E-state index contributed by atoms with van der Waals surface area (Å²) in [6.07, 6.45) is 2.14. The van der Waals surface area contributed by atoms with E-state index in [-0.39, 0.29) is 0 Å². The predicted octanol–water partition coefficient (Wildman–Crippen LogP) is 1.49. The van der Waals surface area contributed by atoms with Crippen LogP contribution in [0.2, 0.25) is 0 Å². The van der Waals surface area contributed by atoms with Gasteiger partial charge in [0, 0.05) is 13.1 Å². The van der Waals surface area contributed by atoms with Gasteiger partial charge in [0.15, 0.2) is 0 Å². The third kappa shape index (κ3) is 2.76. The van der Waals surface area contributed by atoms with E-state index in [0.29, 0.717) is 0 Å². The standard InChI is InChI=1S/C10H21NO/c1-4-10(3,12)8-11-6-5-9(2)7-11/h9,12H,4-8H2,1-3H3. The van der Waals surface area contributed by atoms with Crippen molar-refractivity contribution in [3.8, 4) is 0 Å². The third-order valence-electron chi connectivity index (χ3n) is 2.83. The van der Waals surface area contributed by atoms with Crippen molar-refractivity contribution in [2.75, 3.05) is 19.6 Å². The minimum absolute atomic E-state index is 0.482. The molecule has 0 aromatic carbocycles. The molecular formula is C10H21NO. The second kappa shape index (κ2) is 3.75. The van der Waals surface area contributed by atoms with Crippen molar-refractivity contribution in [3.63, 3.8) is 0 Å². The lowest BCUT2D eigenvalue weighted by Gasteiger charge is -2.27. The maximum absolute atomic E-state index is 9.83. The summed E-state index contributed by atoms with van der Waals surface area (Å²) >= 11 is 0. The van der Waals surface area contributed by atoms with Gasteiger partial charge in [-0.3, -0.25) is 0 Å². The smallest absolute Gasteiger partial charge is 0.0743 e. The number of β-amino-alcohol motifs (C(OH)–C–C–N with tert-alkyl or cyclic N) is 1. The molecule has 1 heterocycles. The largest absolute Gasteiger partial charge is 0.389 e. The van der Waals surface area contributed by atoms with Crippen LogP contribution in [0.5, 0.6) is 0 Å². The van der Waals surface area contributed by atoms with Crippen LogP contribution in [0.25, 0.3) is 0 Å². The second-order valence-corrected chi connectivity index (χ2v) is 4.48. The molecular weight excluding hydrogens is 150 g/mol. The Balaban J connectivity index is 2.32. The van der Waals surface area contributed by atoms with Gasteiger partial charge >= 0.3 is 0 Å². The molecule has 0 aliphatic carbocycles. The number of rotatable bonds is 3. The molecule has 72 valence electrons. The molecule has 1 saturated heterocycles. The Hall–Kier alpha value is -0.0800. The summed E-state index contributed by atoms with van der Waals surface area (Å²) in [5.41, 5.74) is -0.482. The van der Waals surface area contributed by atoms with Gasteiger partial charge in [0.25, 0.3) is 0 Å². The minimum Gasteiger partial charge on any atom is -0.389 e. The Morgan fingerprint density at radius 1 is 1.58 bits per heavy atom. The van der Waals surface area contributed by atoms with Crippen molar-refractivity contribution in [2.45, 2.75) is 39.2 Å². The van der Waals surface area contributed by atoms with Crippen molar-refractivity contribution in [1.29, 1.82) is 0 Å². The molecule has 2 atom stereocenters. The molecule has 2 heteroatoms. The molecule has 1 fully saturated rings. The van der Waals surface area contributed by atoms with E-state index in [0.717, 1.165) is 32.0 Å². The fourth-order valence-electron chi connectivity index (χ4n) is 1.76. The van der Waals surface area contributed by atoms with Gasteiger partial charge < -0.3 is 10.0 Å². The molecule has 2 nitrogen and oxygen atoms in total. The maximum atomic E-state index is 9.83. The lowest BCUT2D eigenvalue weighted by Crippen LogP contribution is -2.39. The van der Waals surface area contributed by atoms with Gasteiger partial charge in [-0.2, -0.15) is 0 Å². The van der Waals surface area contributed by atoms with Gasteiger partial charge in [0.05, 0.1) is 5.60 Å². The van der Waals surface area contributed by atoms with E-state index < -0.39 is 5.60 Å². The number of aliphatic hydroxyl groups is 1. The van der Waals surface area contributed by atoms with E-state index in [2.05, 4.69) is 11.8 Å². The first-order chi connectivity index (χ1) is 5.53. The summed E-state index contributed by atoms with van der Waals surface area (Å²) in [5.74, 6) is 0.817. The van der Waals surface area contributed by atoms with Crippen LogP contribution in [0.15, 0.2) is 0 Å². The summed E-state index contributed by atoms with van der Waals surface area (Å²) in [7, 11) is 0. The Kier molecular flexibility index (Phi) is 3.13. The van der Waals surface area contributed by atoms with E-state index in [1.54, 1.807) is 0 Å². The first kappa shape index (κ1) is 10.0. The molecule has 1 aliphatic rings. The Bertz CT molecular complexity index is 145. The molecule has 1 rings (SSSR count). The van der Waals surface area contributed by atoms with Crippen molar-refractivity contribution >= 4 is 0 Å². The van der Waals surface area contributed by atoms with E-state index in [1.807, 2.05) is 13.8 Å². The van der Waals surface area contributed by atoms with Crippen molar-refractivity contribution < 1.29 is 5.11 Å². The fourth-order valence-corrected chi connectivity index (χ4v) is 1.76. The van der Waals surface area contributed by atoms with Crippen LogP contribution in [-0.2, 0) is 0 Å². The highest BCUT2D eigenvalue weighted by molar-refractivity contribution is 4.80. The molecule has 2 unspecified atom stereocenters. The molecule has 0 radical (unpaired) electrons. The number of likely N-dealkylation sites (tertiary alicyclic amines) is 1. The maximum Gasteiger partial charge on any atom is 0.0743 e. The zero-order valence-corrected chi connectivity index (χ0v) is 8.51. The summed E-state index contributed by atoms with van der Waals surface area (Å²) in [4.78, 5) is 2.37. The molecule has 0 saturated carbocycles. The Labute approximate surface area is 75.6 Å². The summed E-state index contributed by atoms with van der Waals surface area (Å²) in [6, 6.07) is 0. The molecule has 0 spiro atoms. The van der Waals surface area contributed by atoms with Gasteiger partial charge in [-0.05, 0) is 32.2 Å². The van der Waals surface area contributed by atoms with Crippen LogP contribution >= 0.6 is 0 Å². The molecule has 0 bridgehead atoms. The topological polar surface area (TPSA) is 23.5 Å². The van der Waals surface area contributed by atoms with Gasteiger partial charge in [0.1, 0.15) is 0 Å². The fraction of sp³-hybridized carbons (Fsp3) is 1.00. The number of nitrogens with zero attached hydrogens (tertiary/aromatic N) is 1. The Morgan fingerprint density at radius 3 is 2.67 bits per heavy atom. The zero-order valence-electron chi connectivity index (χ0n) is 8.51. The molecule has 12 heavy (non-hydrogen) atoms. The van der Waals surface area contributed by atoms with Crippen LogP contribution in [0.4, 0.5) is 0 Å². The van der Waals surface area contributed by atoms with Gasteiger partial charge in [-0.25, -0.2) is 0 Å². The van der Waals surface area contributed by atoms with Crippen LogP contribution in [-0.4, -0.2) is 35.2 Å². The van der Waals surface area contributed by atoms with Crippen LogP contribution in [0.3, 0.4) is 0 Å². The second-order valence-electron chi connectivity index (χ2n) is 4.48. The summed E-state index contributed by atoms with van der Waals surface area (Å²) in [5, 5.41) is 9.83. The van der Waals surface area contributed by atoms with Gasteiger partial charge in [-0.15, -0.1) is 0 Å². The first-order valence-electron chi connectivity index (χ1n) is 4.98. The van der Waals surface area contributed by atoms with Crippen molar-refractivity contribution in [1.82, 2.24) is 4.90 Å². The van der Waals surface area contributed by atoms with E-state index >= 15 is 0 Å². The molecule has 0 aromatic heterocycles. The molecule has 1 N–H and O–H groups in total. The average Bonchev–Trinajstić information content (AvgIpc) is 2.35. The lowest BCUT2D eigenvalue weighted by molar-refractivity contribution is 0.0223. The van der Waals surface area contributed by atoms with Gasteiger partial charge in [0.2, 0.25) is 0 Å². The van der Waals surface area contributed by atoms with E-state index in [1.165, 1.54) is 6.42 Å². The Morgan fingerprint density at radius 2 is 2.25 bits per heavy atom. The van der Waals surface area contributed by atoms with Crippen LogP contribution in [0.1, 0.15) is 33.6 Å². The predicted molar refractivity (Wildman–Crippen MR) is 51.1 cm³/mol.